The van der Waals surface area contributed by atoms with Gasteiger partial charge in [0, 0.05) is 29.1 Å². The lowest BCUT2D eigenvalue weighted by molar-refractivity contribution is -0.121. The molecule has 3 N–H and O–H groups in total. The second-order valence-electron chi connectivity index (χ2n) is 7.00. The van der Waals surface area contributed by atoms with Crippen LogP contribution >= 0.6 is 11.6 Å². The van der Waals surface area contributed by atoms with Crippen molar-refractivity contribution in [3.8, 4) is 0 Å². The maximum absolute atomic E-state index is 13.3. The molecular formula is C21H18ClFN4O2. The number of carbonyl (C=O) groups is 2. The van der Waals surface area contributed by atoms with Gasteiger partial charge in [-0.1, -0.05) is 23.7 Å². The van der Waals surface area contributed by atoms with Crippen LogP contribution in [0.1, 0.15) is 31.2 Å². The topological polar surface area (TPSA) is 86.9 Å². The first-order chi connectivity index (χ1) is 13.9. The molecule has 2 aromatic carbocycles. The van der Waals surface area contributed by atoms with Gasteiger partial charge >= 0.3 is 0 Å². The monoisotopic (exact) mass is 412 g/mol. The average molecular weight is 413 g/mol. The molecule has 0 saturated carbocycles. The first-order valence-electron chi connectivity index (χ1n) is 9.09. The number of nitrogens with zero attached hydrogens (tertiary/aromatic N) is 1. The highest BCUT2D eigenvalue weighted by Gasteiger charge is 2.28. The van der Waals surface area contributed by atoms with Crippen LogP contribution in [0.4, 0.5) is 10.1 Å². The van der Waals surface area contributed by atoms with Crippen molar-refractivity contribution in [2.75, 3.05) is 5.32 Å². The van der Waals surface area contributed by atoms with Crippen molar-refractivity contribution >= 4 is 40.0 Å². The third-order valence-electron chi connectivity index (χ3n) is 5.03. The highest BCUT2D eigenvalue weighted by atomic mass is 35.5. The van der Waals surface area contributed by atoms with Crippen LogP contribution in [-0.2, 0) is 9.59 Å². The number of rotatable bonds is 4. The van der Waals surface area contributed by atoms with Gasteiger partial charge in [0.15, 0.2) is 0 Å². The van der Waals surface area contributed by atoms with Gasteiger partial charge in [-0.3, -0.25) is 14.7 Å². The van der Waals surface area contributed by atoms with E-state index in [9.17, 15) is 14.0 Å². The molecule has 1 aromatic heterocycles. The molecule has 148 valence electrons. The number of hydrogen-bond donors (Lipinski definition) is 3. The number of aromatic amines is 1. The molecule has 0 saturated heterocycles. The Morgan fingerprint density at radius 3 is 2.79 bits per heavy atom. The largest absolute Gasteiger partial charge is 0.330 e. The minimum absolute atomic E-state index is 0.102. The standard InChI is InChI=1S/C21H18ClFN4O2/c1-11-15(16(10-19(28)24-11)12-2-4-13(23)5-3-12)9-20(29)25-14-6-7-18-17(8-14)21(22)27-26-18/h2-8,16H,9-10H2,1H3,(H,24,28)(H,25,29)(H,26,27). The van der Waals surface area contributed by atoms with Gasteiger partial charge in [-0.25, -0.2) is 4.39 Å². The lowest BCUT2D eigenvalue weighted by atomic mass is 9.83. The molecule has 29 heavy (non-hydrogen) atoms. The fourth-order valence-electron chi connectivity index (χ4n) is 3.62. The van der Waals surface area contributed by atoms with Crippen LogP contribution in [0, 0.1) is 5.82 Å². The Morgan fingerprint density at radius 1 is 1.28 bits per heavy atom. The number of halogens is 2. The summed E-state index contributed by atoms with van der Waals surface area (Å²) in [6, 6.07) is 11.3. The molecule has 1 unspecified atom stereocenters. The number of allylic oxidation sites excluding steroid dienone is 1. The maximum Gasteiger partial charge on any atom is 0.228 e. The molecule has 2 amide bonds. The zero-order chi connectivity index (χ0) is 20.5. The lowest BCUT2D eigenvalue weighted by Crippen LogP contribution is -2.32. The molecule has 1 aliphatic rings. The summed E-state index contributed by atoms with van der Waals surface area (Å²) < 4.78 is 13.3. The number of amides is 2. The lowest BCUT2D eigenvalue weighted by Gasteiger charge is -2.28. The number of anilines is 1. The SMILES string of the molecule is CC1=C(CC(=O)Nc2ccc3n[nH]c(Cl)c3c2)C(c2ccc(F)cc2)CC(=O)N1. The second kappa shape index (κ2) is 7.67. The second-order valence-corrected chi connectivity index (χ2v) is 7.38. The average Bonchev–Trinajstić information content (AvgIpc) is 3.05. The van der Waals surface area contributed by atoms with Crippen molar-refractivity contribution in [1.82, 2.24) is 15.5 Å². The Hall–Kier alpha value is -3.19. The number of nitrogens with one attached hydrogen (secondary N) is 3. The smallest absolute Gasteiger partial charge is 0.228 e. The fraction of sp³-hybridized carbons (Fsp3) is 0.190. The van der Waals surface area contributed by atoms with Gasteiger partial charge in [0.25, 0.3) is 0 Å². The van der Waals surface area contributed by atoms with Crippen molar-refractivity contribution in [2.24, 2.45) is 0 Å². The van der Waals surface area contributed by atoms with E-state index >= 15 is 0 Å². The van der Waals surface area contributed by atoms with E-state index in [-0.39, 0.29) is 36.4 Å². The molecule has 1 aliphatic heterocycles. The van der Waals surface area contributed by atoms with Gasteiger partial charge in [0.05, 0.1) is 11.9 Å². The van der Waals surface area contributed by atoms with Gasteiger partial charge in [-0.2, -0.15) is 5.10 Å². The van der Waals surface area contributed by atoms with E-state index in [2.05, 4.69) is 20.8 Å². The molecule has 0 fully saturated rings. The number of H-pyrrole nitrogens is 1. The Kier molecular flexibility index (Phi) is 5.07. The summed E-state index contributed by atoms with van der Waals surface area (Å²) in [6.07, 6.45) is 0.313. The molecule has 0 spiro atoms. The molecule has 8 heteroatoms. The van der Waals surface area contributed by atoms with Gasteiger partial charge in [-0.05, 0) is 48.4 Å². The molecule has 0 radical (unpaired) electrons. The van der Waals surface area contributed by atoms with E-state index in [1.165, 1.54) is 12.1 Å². The molecule has 0 aliphatic carbocycles. The minimum atomic E-state index is -0.345. The number of benzene rings is 2. The zero-order valence-corrected chi connectivity index (χ0v) is 16.3. The van der Waals surface area contributed by atoms with Crippen molar-refractivity contribution in [1.29, 1.82) is 0 Å². The van der Waals surface area contributed by atoms with Crippen LogP contribution in [-0.4, -0.2) is 22.0 Å². The predicted octanol–water partition coefficient (Wildman–Crippen LogP) is 4.26. The Bertz CT molecular complexity index is 1140. The van der Waals surface area contributed by atoms with Gasteiger partial charge in [0.2, 0.25) is 11.8 Å². The normalized spacial score (nSPS) is 16.8. The summed E-state index contributed by atoms with van der Waals surface area (Å²) >= 11 is 6.06. The molecule has 6 nitrogen and oxygen atoms in total. The van der Waals surface area contributed by atoms with Crippen LogP contribution in [0.2, 0.25) is 5.15 Å². The molecule has 0 bridgehead atoms. The number of aromatic nitrogens is 2. The highest BCUT2D eigenvalue weighted by Crippen LogP contribution is 2.35. The summed E-state index contributed by atoms with van der Waals surface area (Å²) in [5.41, 5.74) is 3.56. The third-order valence-corrected chi connectivity index (χ3v) is 5.32. The van der Waals surface area contributed by atoms with E-state index < -0.39 is 0 Å². The van der Waals surface area contributed by atoms with E-state index in [4.69, 9.17) is 11.6 Å². The highest BCUT2D eigenvalue weighted by molar-refractivity contribution is 6.34. The summed E-state index contributed by atoms with van der Waals surface area (Å²) in [4.78, 5) is 24.8. The quantitative estimate of drug-likeness (QED) is 0.598. The number of carbonyl (C=O) groups excluding carboxylic acids is 2. The molecule has 2 heterocycles. The van der Waals surface area contributed by atoms with Crippen molar-refractivity contribution < 1.29 is 14.0 Å². The van der Waals surface area contributed by atoms with Crippen LogP contribution in [0.5, 0.6) is 0 Å². The van der Waals surface area contributed by atoms with Crippen LogP contribution in [0.3, 0.4) is 0 Å². The third kappa shape index (κ3) is 4.00. The van der Waals surface area contributed by atoms with Crippen molar-refractivity contribution in [3.63, 3.8) is 0 Å². The van der Waals surface area contributed by atoms with Crippen molar-refractivity contribution in [3.05, 3.63) is 70.3 Å². The first kappa shape index (κ1) is 19.1. The van der Waals surface area contributed by atoms with Crippen LogP contribution < -0.4 is 10.6 Å². The van der Waals surface area contributed by atoms with Crippen LogP contribution in [0.15, 0.2) is 53.7 Å². The molecule has 3 aromatic rings. The summed E-state index contributed by atoms with van der Waals surface area (Å²) in [6.45, 7) is 1.77. The molecule has 4 rings (SSSR count). The van der Waals surface area contributed by atoms with Gasteiger partial charge in [0.1, 0.15) is 11.0 Å². The van der Waals surface area contributed by atoms with E-state index in [1.807, 2.05) is 0 Å². The summed E-state index contributed by atoms with van der Waals surface area (Å²) in [7, 11) is 0. The molecular weight excluding hydrogens is 395 g/mol. The molecule has 1 atom stereocenters. The van der Waals surface area contributed by atoms with Crippen LogP contribution in [0.25, 0.3) is 10.9 Å². The van der Waals surface area contributed by atoms with Crippen molar-refractivity contribution in [2.45, 2.75) is 25.7 Å². The first-order valence-corrected chi connectivity index (χ1v) is 9.47. The van der Waals surface area contributed by atoms with E-state index in [0.717, 1.165) is 11.1 Å². The van der Waals surface area contributed by atoms with E-state index in [0.29, 0.717) is 27.4 Å². The predicted molar refractivity (Wildman–Crippen MR) is 109 cm³/mol. The Morgan fingerprint density at radius 2 is 2.03 bits per heavy atom. The fourth-order valence-corrected chi connectivity index (χ4v) is 3.81. The summed E-state index contributed by atoms with van der Waals surface area (Å²) in [5.74, 6) is -0.967. The van der Waals surface area contributed by atoms with Gasteiger partial charge < -0.3 is 10.6 Å². The number of fused-ring (bicyclic) bond motifs is 1. The van der Waals surface area contributed by atoms with Gasteiger partial charge in [-0.15, -0.1) is 0 Å². The Balaban J connectivity index is 1.56. The summed E-state index contributed by atoms with van der Waals surface area (Å²) in [5, 5.41) is 13.5. The Labute approximate surface area is 171 Å². The maximum atomic E-state index is 13.3. The number of hydrogen-bond acceptors (Lipinski definition) is 3. The zero-order valence-electron chi connectivity index (χ0n) is 15.6. The minimum Gasteiger partial charge on any atom is -0.330 e. The van der Waals surface area contributed by atoms with E-state index in [1.54, 1.807) is 37.3 Å².